The van der Waals surface area contributed by atoms with Crippen molar-refractivity contribution in [3.8, 4) is 0 Å². The number of thiazole rings is 1. The molecule has 0 aliphatic carbocycles. The van der Waals surface area contributed by atoms with Gasteiger partial charge in [-0.1, -0.05) is 6.42 Å². The van der Waals surface area contributed by atoms with E-state index in [0.29, 0.717) is 0 Å². The number of hydrogen-bond acceptors (Lipinski definition) is 4. The first-order chi connectivity index (χ1) is 8.36. The van der Waals surface area contributed by atoms with Crippen LogP contribution in [0.15, 0.2) is 10.9 Å². The zero-order valence-electron chi connectivity index (χ0n) is 10.4. The van der Waals surface area contributed by atoms with Gasteiger partial charge in [-0.05, 0) is 32.7 Å². The third kappa shape index (κ3) is 2.39. The van der Waals surface area contributed by atoms with Crippen LogP contribution in [0.25, 0.3) is 0 Å². The molecule has 2 atom stereocenters. The number of piperidine rings is 2. The lowest BCUT2D eigenvalue weighted by molar-refractivity contribution is 0.0182. The van der Waals surface area contributed by atoms with Crippen LogP contribution in [-0.4, -0.2) is 35.1 Å². The predicted octanol–water partition coefficient (Wildman–Crippen LogP) is 2.25. The summed E-state index contributed by atoms with van der Waals surface area (Å²) < 4.78 is 0. The van der Waals surface area contributed by atoms with Crippen LogP contribution in [0, 0.1) is 0 Å². The highest BCUT2D eigenvalue weighted by Crippen LogP contribution is 2.34. The average molecular weight is 251 g/mol. The molecule has 2 fully saturated rings. The first kappa shape index (κ1) is 11.6. The second kappa shape index (κ2) is 5.04. The van der Waals surface area contributed by atoms with Crippen molar-refractivity contribution in [2.24, 2.45) is 0 Å². The van der Waals surface area contributed by atoms with Crippen molar-refractivity contribution in [1.82, 2.24) is 15.2 Å². The Kier molecular flexibility index (Phi) is 3.45. The van der Waals surface area contributed by atoms with Crippen LogP contribution >= 0.6 is 11.3 Å². The molecule has 2 aliphatic heterocycles. The van der Waals surface area contributed by atoms with Crippen molar-refractivity contribution in [2.75, 3.05) is 7.05 Å². The van der Waals surface area contributed by atoms with E-state index in [2.05, 4.69) is 27.6 Å². The molecule has 3 heterocycles. The summed E-state index contributed by atoms with van der Waals surface area (Å²) in [6.45, 7) is 1.06. The van der Waals surface area contributed by atoms with Crippen molar-refractivity contribution in [2.45, 2.75) is 56.8 Å². The Morgan fingerprint density at radius 2 is 2.18 bits per heavy atom. The lowest BCUT2D eigenvalue weighted by Gasteiger charge is -2.48. The second-order valence-corrected chi connectivity index (χ2v) is 6.07. The van der Waals surface area contributed by atoms with Gasteiger partial charge in [0.05, 0.1) is 11.2 Å². The first-order valence-corrected chi connectivity index (χ1v) is 7.61. The third-order valence-electron chi connectivity index (χ3n) is 4.36. The van der Waals surface area contributed by atoms with Crippen molar-refractivity contribution in [3.05, 3.63) is 16.6 Å². The van der Waals surface area contributed by atoms with Crippen molar-refractivity contribution in [1.29, 1.82) is 0 Å². The Morgan fingerprint density at radius 3 is 2.76 bits per heavy atom. The summed E-state index contributed by atoms with van der Waals surface area (Å²) in [7, 11) is 2.11. The molecule has 1 aromatic rings. The molecule has 2 saturated heterocycles. The standard InChI is InChI=1S/C13H21N3S/c1-14-10-5-12-3-2-4-13(6-10)16(12)7-11-8-17-9-15-11/h8-10,12-14H,2-7H2,1H3. The number of rotatable bonds is 3. The smallest absolute Gasteiger partial charge is 0.0795 e. The van der Waals surface area contributed by atoms with Gasteiger partial charge in [-0.3, -0.25) is 4.90 Å². The predicted molar refractivity (Wildman–Crippen MR) is 71.2 cm³/mol. The minimum atomic E-state index is 0.733. The molecule has 0 saturated carbocycles. The molecule has 17 heavy (non-hydrogen) atoms. The second-order valence-electron chi connectivity index (χ2n) is 5.35. The van der Waals surface area contributed by atoms with Crippen LogP contribution in [0.2, 0.25) is 0 Å². The zero-order chi connectivity index (χ0) is 11.7. The van der Waals surface area contributed by atoms with Crippen LogP contribution < -0.4 is 5.32 Å². The average Bonchev–Trinajstić information content (AvgIpc) is 2.81. The van der Waals surface area contributed by atoms with Gasteiger partial charge in [-0.2, -0.15) is 0 Å². The van der Waals surface area contributed by atoms with E-state index in [4.69, 9.17) is 0 Å². The van der Waals surface area contributed by atoms with Gasteiger partial charge in [0.25, 0.3) is 0 Å². The number of hydrogen-bond donors (Lipinski definition) is 1. The molecule has 1 N–H and O–H groups in total. The summed E-state index contributed by atoms with van der Waals surface area (Å²) in [6, 6.07) is 2.29. The third-order valence-corrected chi connectivity index (χ3v) is 5.00. The monoisotopic (exact) mass is 251 g/mol. The maximum Gasteiger partial charge on any atom is 0.0795 e. The molecule has 0 spiro atoms. The van der Waals surface area contributed by atoms with E-state index >= 15 is 0 Å². The van der Waals surface area contributed by atoms with Crippen LogP contribution in [0.4, 0.5) is 0 Å². The van der Waals surface area contributed by atoms with Crippen LogP contribution in [0.5, 0.6) is 0 Å². The van der Waals surface area contributed by atoms with Crippen LogP contribution in [0.1, 0.15) is 37.8 Å². The van der Waals surface area contributed by atoms with Gasteiger partial charge in [0.15, 0.2) is 0 Å². The molecule has 4 heteroatoms. The topological polar surface area (TPSA) is 28.2 Å². The highest BCUT2D eigenvalue weighted by atomic mass is 32.1. The molecule has 1 aromatic heterocycles. The summed E-state index contributed by atoms with van der Waals surface area (Å²) in [5.41, 5.74) is 3.21. The largest absolute Gasteiger partial charge is 0.317 e. The van der Waals surface area contributed by atoms with Crippen LogP contribution in [0.3, 0.4) is 0 Å². The Hall–Kier alpha value is -0.450. The van der Waals surface area contributed by atoms with E-state index in [9.17, 15) is 0 Å². The Labute approximate surface area is 107 Å². The molecule has 0 amide bonds. The van der Waals surface area contributed by atoms with E-state index in [0.717, 1.165) is 24.7 Å². The molecule has 94 valence electrons. The lowest BCUT2D eigenvalue weighted by Crippen LogP contribution is -2.55. The summed E-state index contributed by atoms with van der Waals surface area (Å²) in [5.74, 6) is 0. The highest BCUT2D eigenvalue weighted by Gasteiger charge is 2.37. The molecule has 2 aliphatic rings. The summed E-state index contributed by atoms with van der Waals surface area (Å²) in [6.07, 6.45) is 6.80. The van der Waals surface area contributed by atoms with Crippen molar-refractivity contribution >= 4 is 11.3 Å². The summed E-state index contributed by atoms with van der Waals surface area (Å²) >= 11 is 1.71. The molecular formula is C13H21N3S. The number of fused-ring (bicyclic) bond motifs is 2. The highest BCUT2D eigenvalue weighted by molar-refractivity contribution is 7.07. The number of nitrogens with zero attached hydrogens (tertiary/aromatic N) is 2. The Bertz CT molecular complexity index is 338. The van der Waals surface area contributed by atoms with E-state index in [1.807, 2.05) is 5.51 Å². The van der Waals surface area contributed by atoms with E-state index < -0.39 is 0 Å². The van der Waals surface area contributed by atoms with Crippen LogP contribution in [-0.2, 0) is 6.54 Å². The van der Waals surface area contributed by atoms with Crippen molar-refractivity contribution < 1.29 is 0 Å². The van der Waals surface area contributed by atoms with E-state index in [1.54, 1.807) is 11.3 Å². The SMILES string of the molecule is CNC1CC2CCCC(C1)N2Cc1cscn1. The maximum absolute atomic E-state index is 4.44. The Morgan fingerprint density at radius 1 is 1.41 bits per heavy atom. The quantitative estimate of drug-likeness (QED) is 0.893. The van der Waals surface area contributed by atoms with Gasteiger partial charge in [0.1, 0.15) is 0 Å². The van der Waals surface area contributed by atoms with Gasteiger partial charge in [-0.25, -0.2) is 4.98 Å². The Balaban J connectivity index is 1.71. The maximum atomic E-state index is 4.44. The fourth-order valence-corrected chi connectivity index (χ4v) is 4.02. The van der Waals surface area contributed by atoms with Gasteiger partial charge in [0, 0.05) is 30.1 Å². The molecule has 2 unspecified atom stereocenters. The minimum absolute atomic E-state index is 0.733. The fraction of sp³-hybridized carbons (Fsp3) is 0.769. The number of aromatic nitrogens is 1. The molecule has 3 rings (SSSR count). The van der Waals surface area contributed by atoms with Gasteiger partial charge in [0.2, 0.25) is 0 Å². The first-order valence-electron chi connectivity index (χ1n) is 6.67. The van der Waals surface area contributed by atoms with Crippen molar-refractivity contribution in [3.63, 3.8) is 0 Å². The molecule has 2 bridgehead atoms. The van der Waals surface area contributed by atoms with E-state index in [1.165, 1.54) is 37.8 Å². The molecule has 0 aromatic carbocycles. The fourth-order valence-electron chi connectivity index (χ4n) is 3.48. The zero-order valence-corrected chi connectivity index (χ0v) is 11.2. The summed E-state index contributed by atoms with van der Waals surface area (Å²) in [4.78, 5) is 7.15. The van der Waals surface area contributed by atoms with Gasteiger partial charge in [-0.15, -0.1) is 11.3 Å². The van der Waals surface area contributed by atoms with Gasteiger partial charge >= 0.3 is 0 Å². The molecular weight excluding hydrogens is 230 g/mol. The summed E-state index contributed by atoms with van der Waals surface area (Å²) in [5, 5.41) is 5.67. The molecule has 3 nitrogen and oxygen atoms in total. The lowest BCUT2D eigenvalue weighted by atomic mass is 9.81. The molecule has 0 radical (unpaired) electrons. The normalized spacial score (nSPS) is 33.8. The van der Waals surface area contributed by atoms with Gasteiger partial charge < -0.3 is 5.32 Å². The van der Waals surface area contributed by atoms with E-state index in [-0.39, 0.29) is 0 Å². The number of nitrogens with one attached hydrogen (secondary N) is 1. The minimum Gasteiger partial charge on any atom is -0.317 e.